The third kappa shape index (κ3) is 3.96. The van der Waals surface area contributed by atoms with Gasteiger partial charge in [-0.05, 0) is 18.8 Å². The summed E-state index contributed by atoms with van der Waals surface area (Å²) in [5, 5.41) is 6.52. The Morgan fingerprint density at radius 3 is 2.71 bits per heavy atom. The molecule has 2 aliphatic rings. The van der Waals surface area contributed by atoms with Crippen LogP contribution in [0.25, 0.3) is 0 Å². The lowest BCUT2D eigenvalue weighted by Crippen LogP contribution is -2.50. The summed E-state index contributed by atoms with van der Waals surface area (Å²) in [6.45, 7) is 6.83. The van der Waals surface area contributed by atoms with E-state index >= 15 is 0 Å². The fourth-order valence-electron chi connectivity index (χ4n) is 2.86. The van der Waals surface area contributed by atoms with Crippen LogP contribution in [-0.4, -0.2) is 49.6 Å². The highest BCUT2D eigenvalue weighted by Crippen LogP contribution is 2.23. The van der Waals surface area contributed by atoms with Gasteiger partial charge in [0.25, 0.3) is 0 Å². The van der Waals surface area contributed by atoms with Gasteiger partial charge < -0.3 is 10.6 Å². The van der Waals surface area contributed by atoms with Crippen LogP contribution in [0.15, 0.2) is 0 Å². The van der Waals surface area contributed by atoms with Crippen molar-refractivity contribution in [1.82, 2.24) is 15.5 Å². The van der Waals surface area contributed by atoms with Gasteiger partial charge >= 0.3 is 0 Å². The Balaban J connectivity index is 1.72. The number of carbonyl (C=O) groups is 1. The quantitative estimate of drug-likeness (QED) is 0.757. The lowest BCUT2D eigenvalue weighted by Gasteiger charge is -2.31. The van der Waals surface area contributed by atoms with Crippen LogP contribution >= 0.6 is 0 Å². The summed E-state index contributed by atoms with van der Waals surface area (Å²) in [5.41, 5.74) is 0. The first-order chi connectivity index (χ1) is 8.25. The molecule has 1 amide bonds. The second-order valence-electron chi connectivity index (χ2n) is 5.46. The Hall–Kier alpha value is -0.610. The Labute approximate surface area is 104 Å². The summed E-state index contributed by atoms with van der Waals surface area (Å²) in [6.07, 6.45) is 5.02. The Bertz CT molecular complexity index is 251. The lowest BCUT2D eigenvalue weighted by atomic mass is 9.86. The van der Waals surface area contributed by atoms with E-state index in [-0.39, 0.29) is 5.91 Å². The number of amides is 1. The number of piperazine rings is 1. The molecule has 2 atom stereocenters. The van der Waals surface area contributed by atoms with E-state index in [1.807, 2.05) is 0 Å². The van der Waals surface area contributed by atoms with Crippen LogP contribution in [0.4, 0.5) is 0 Å². The van der Waals surface area contributed by atoms with E-state index < -0.39 is 0 Å². The first kappa shape index (κ1) is 12.8. The van der Waals surface area contributed by atoms with E-state index in [0.29, 0.717) is 18.5 Å². The van der Waals surface area contributed by atoms with Gasteiger partial charge in [-0.3, -0.25) is 9.69 Å². The molecule has 0 bridgehead atoms. The topological polar surface area (TPSA) is 44.4 Å². The molecule has 1 heterocycles. The highest BCUT2D eigenvalue weighted by Gasteiger charge is 2.23. The van der Waals surface area contributed by atoms with Crippen molar-refractivity contribution in [2.45, 2.75) is 38.6 Å². The molecule has 98 valence electrons. The summed E-state index contributed by atoms with van der Waals surface area (Å²) in [7, 11) is 0. The Kier molecular flexibility index (Phi) is 4.80. The van der Waals surface area contributed by atoms with Gasteiger partial charge in [-0.2, -0.15) is 0 Å². The van der Waals surface area contributed by atoms with E-state index in [1.165, 1.54) is 19.3 Å². The number of nitrogens with one attached hydrogen (secondary N) is 2. The van der Waals surface area contributed by atoms with E-state index in [9.17, 15) is 4.79 Å². The molecule has 2 fully saturated rings. The standard InChI is InChI=1S/C13H25N3O/c1-11-4-2-3-5-12(11)15-13(17)10-16-8-6-14-7-9-16/h11-12,14H,2-10H2,1H3,(H,15,17)/t11-,12+/m1/s1. The van der Waals surface area contributed by atoms with Crippen LogP contribution in [0.3, 0.4) is 0 Å². The molecule has 2 rings (SSSR count). The Morgan fingerprint density at radius 1 is 1.29 bits per heavy atom. The Morgan fingerprint density at radius 2 is 2.00 bits per heavy atom. The summed E-state index contributed by atoms with van der Waals surface area (Å²) < 4.78 is 0. The fraction of sp³-hybridized carbons (Fsp3) is 0.923. The molecular weight excluding hydrogens is 214 g/mol. The zero-order valence-electron chi connectivity index (χ0n) is 10.9. The highest BCUT2D eigenvalue weighted by molar-refractivity contribution is 5.78. The number of carbonyl (C=O) groups excluding carboxylic acids is 1. The van der Waals surface area contributed by atoms with Crippen LogP contribution in [0.1, 0.15) is 32.6 Å². The average Bonchev–Trinajstić information content (AvgIpc) is 2.33. The van der Waals surface area contributed by atoms with Gasteiger partial charge in [0.05, 0.1) is 6.54 Å². The smallest absolute Gasteiger partial charge is 0.234 e. The van der Waals surface area contributed by atoms with Crippen molar-refractivity contribution in [2.24, 2.45) is 5.92 Å². The summed E-state index contributed by atoms with van der Waals surface area (Å²) in [4.78, 5) is 14.2. The molecular formula is C13H25N3O. The van der Waals surface area contributed by atoms with Crippen molar-refractivity contribution < 1.29 is 4.79 Å². The number of hydrogen-bond donors (Lipinski definition) is 2. The third-order valence-corrected chi connectivity index (χ3v) is 4.03. The number of hydrogen-bond acceptors (Lipinski definition) is 3. The third-order valence-electron chi connectivity index (χ3n) is 4.03. The van der Waals surface area contributed by atoms with Crippen LogP contribution < -0.4 is 10.6 Å². The van der Waals surface area contributed by atoms with Gasteiger partial charge in [-0.1, -0.05) is 19.8 Å². The maximum atomic E-state index is 12.0. The molecule has 1 aliphatic carbocycles. The van der Waals surface area contributed by atoms with Gasteiger partial charge in [-0.25, -0.2) is 0 Å². The van der Waals surface area contributed by atoms with Gasteiger partial charge in [0.15, 0.2) is 0 Å². The first-order valence-electron chi connectivity index (χ1n) is 6.98. The number of rotatable bonds is 3. The largest absolute Gasteiger partial charge is 0.352 e. The van der Waals surface area contributed by atoms with Crippen LogP contribution in [0.5, 0.6) is 0 Å². The monoisotopic (exact) mass is 239 g/mol. The molecule has 0 spiro atoms. The van der Waals surface area contributed by atoms with Crippen molar-refractivity contribution in [3.8, 4) is 0 Å². The second kappa shape index (κ2) is 6.36. The predicted molar refractivity (Wildman–Crippen MR) is 68.9 cm³/mol. The highest BCUT2D eigenvalue weighted by atomic mass is 16.2. The number of nitrogens with zero attached hydrogens (tertiary/aromatic N) is 1. The molecule has 0 radical (unpaired) electrons. The minimum atomic E-state index is 0.214. The minimum Gasteiger partial charge on any atom is -0.352 e. The second-order valence-corrected chi connectivity index (χ2v) is 5.46. The van der Waals surface area contributed by atoms with E-state index in [1.54, 1.807) is 0 Å². The maximum absolute atomic E-state index is 12.0. The molecule has 17 heavy (non-hydrogen) atoms. The normalized spacial score (nSPS) is 31.1. The molecule has 4 heteroatoms. The molecule has 0 aromatic heterocycles. The predicted octanol–water partition coefficient (Wildman–Crippen LogP) is 0.587. The van der Waals surface area contributed by atoms with Crippen LogP contribution in [0, 0.1) is 5.92 Å². The molecule has 0 unspecified atom stereocenters. The summed E-state index contributed by atoms with van der Waals surface area (Å²) in [6, 6.07) is 0.416. The van der Waals surface area contributed by atoms with Gasteiger partial charge in [0.2, 0.25) is 5.91 Å². The van der Waals surface area contributed by atoms with Gasteiger partial charge in [0, 0.05) is 32.2 Å². The van der Waals surface area contributed by atoms with E-state index in [0.717, 1.165) is 32.6 Å². The molecule has 0 aromatic carbocycles. The zero-order chi connectivity index (χ0) is 12.1. The lowest BCUT2D eigenvalue weighted by molar-refractivity contribution is -0.123. The minimum absolute atomic E-state index is 0.214. The first-order valence-corrected chi connectivity index (χ1v) is 6.98. The molecule has 2 N–H and O–H groups in total. The summed E-state index contributed by atoms with van der Waals surface area (Å²) in [5.74, 6) is 0.862. The van der Waals surface area contributed by atoms with Crippen LogP contribution in [0.2, 0.25) is 0 Å². The average molecular weight is 239 g/mol. The maximum Gasteiger partial charge on any atom is 0.234 e. The molecule has 1 saturated carbocycles. The molecule has 1 aliphatic heterocycles. The van der Waals surface area contributed by atoms with Gasteiger partial charge in [0.1, 0.15) is 0 Å². The van der Waals surface area contributed by atoms with Crippen molar-refractivity contribution >= 4 is 5.91 Å². The van der Waals surface area contributed by atoms with Crippen molar-refractivity contribution in [3.63, 3.8) is 0 Å². The van der Waals surface area contributed by atoms with Crippen LogP contribution in [-0.2, 0) is 4.79 Å². The fourth-order valence-corrected chi connectivity index (χ4v) is 2.86. The SMILES string of the molecule is C[C@@H]1CCCC[C@@H]1NC(=O)CN1CCNCC1. The van der Waals surface area contributed by atoms with E-state index in [2.05, 4.69) is 22.5 Å². The zero-order valence-corrected chi connectivity index (χ0v) is 10.9. The molecule has 1 saturated heterocycles. The van der Waals surface area contributed by atoms with Crippen molar-refractivity contribution in [3.05, 3.63) is 0 Å². The molecule has 0 aromatic rings. The summed E-state index contributed by atoms with van der Waals surface area (Å²) >= 11 is 0. The van der Waals surface area contributed by atoms with Crippen molar-refractivity contribution in [1.29, 1.82) is 0 Å². The van der Waals surface area contributed by atoms with E-state index in [4.69, 9.17) is 0 Å². The van der Waals surface area contributed by atoms with Crippen molar-refractivity contribution in [2.75, 3.05) is 32.7 Å². The molecule has 4 nitrogen and oxygen atoms in total. The van der Waals surface area contributed by atoms with Gasteiger partial charge in [-0.15, -0.1) is 0 Å².